The number of hydrogen-bond donors (Lipinski definition) is 1. The van der Waals surface area contributed by atoms with Crippen LogP contribution in [0.3, 0.4) is 0 Å². The van der Waals surface area contributed by atoms with Crippen LogP contribution in [-0.4, -0.2) is 25.2 Å². The Hall–Kier alpha value is -1.69. The van der Waals surface area contributed by atoms with Crippen molar-refractivity contribution >= 4 is 11.4 Å². The minimum atomic E-state index is -0.561. The van der Waals surface area contributed by atoms with Gasteiger partial charge in [0.05, 0.1) is 11.5 Å². The molecule has 0 aliphatic heterocycles. The van der Waals surface area contributed by atoms with E-state index in [0.29, 0.717) is 13.2 Å². The Morgan fingerprint density at radius 1 is 1.60 bits per heavy atom. The van der Waals surface area contributed by atoms with Crippen LogP contribution in [0, 0.1) is 15.9 Å². The first-order valence-corrected chi connectivity index (χ1v) is 4.32. The van der Waals surface area contributed by atoms with E-state index in [1.807, 2.05) is 0 Å². The number of hydrogen-bond acceptors (Lipinski definition) is 4. The molecule has 0 aromatic heterocycles. The molecule has 1 N–H and O–H groups in total. The number of methoxy groups -OCH3 is 1. The van der Waals surface area contributed by atoms with Crippen molar-refractivity contribution in [3.8, 4) is 0 Å². The summed E-state index contributed by atoms with van der Waals surface area (Å²) in [5.41, 5.74) is 0.0181. The molecular formula is C9H11FN2O3. The quantitative estimate of drug-likeness (QED) is 0.461. The van der Waals surface area contributed by atoms with Crippen LogP contribution in [-0.2, 0) is 4.74 Å². The number of rotatable bonds is 5. The Bertz CT molecular complexity index is 357. The molecule has 82 valence electrons. The molecule has 0 atom stereocenters. The molecule has 6 heteroatoms. The van der Waals surface area contributed by atoms with Crippen molar-refractivity contribution in [1.29, 1.82) is 0 Å². The minimum Gasteiger partial charge on any atom is -0.383 e. The lowest BCUT2D eigenvalue weighted by atomic mass is 10.2. The van der Waals surface area contributed by atoms with Gasteiger partial charge in [-0.1, -0.05) is 0 Å². The molecule has 0 amide bonds. The van der Waals surface area contributed by atoms with Crippen molar-refractivity contribution in [2.45, 2.75) is 0 Å². The van der Waals surface area contributed by atoms with E-state index < -0.39 is 10.7 Å². The van der Waals surface area contributed by atoms with E-state index >= 15 is 0 Å². The fraction of sp³-hybridized carbons (Fsp3) is 0.333. The number of ether oxygens (including phenoxy) is 1. The average Bonchev–Trinajstić information content (AvgIpc) is 2.18. The summed E-state index contributed by atoms with van der Waals surface area (Å²) in [7, 11) is 1.52. The highest BCUT2D eigenvalue weighted by atomic mass is 19.1. The molecule has 0 heterocycles. The van der Waals surface area contributed by atoms with Crippen LogP contribution < -0.4 is 5.32 Å². The van der Waals surface area contributed by atoms with E-state index in [1.165, 1.54) is 7.11 Å². The van der Waals surface area contributed by atoms with E-state index in [0.717, 1.165) is 18.2 Å². The van der Waals surface area contributed by atoms with Gasteiger partial charge in [-0.25, -0.2) is 4.39 Å². The summed E-state index contributed by atoms with van der Waals surface area (Å²) >= 11 is 0. The molecular weight excluding hydrogens is 203 g/mol. The molecule has 0 spiro atoms. The van der Waals surface area contributed by atoms with E-state index in [1.54, 1.807) is 0 Å². The monoisotopic (exact) mass is 214 g/mol. The molecule has 5 nitrogen and oxygen atoms in total. The van der Waals surface area contributed by atoms with Crippen LogP contribution in [0.5, 0.6) is 0 Å². The first-order valence-electron chi connectivity index (χ1n) is 4.32. The molecule has 0 aliphatic carbocycles. The average molecular weight is 214 g/mol. The predicted molar refractivity (Wildman–Crippen MR) is 53.4 cm³/mol. The van der Waals surface area contributed by atoms with Gasteiger partial charge < -0.3 is 10.1 Å². The van der Waals surface area contributed by atoms with Crippen LogP contribution in [0.1, 0.15) is 0 Å². The fourth-order valence-corrected chi connectivity index (χ4v) is 1.10. The van der Waals surface area contributed by atoms with Gasteiger partial charge in [0.1, 0.15) is 11.5 Å². The maximum Gasteiger partial charge on any atom is 0.292 e. The Kier molecular flexibility index (Phi) is 3.99. The number of nitrogens with zero attached hydrogens (tertiary/aromatic N) is 1. The van der Waals surface area contributed by atoms with Crippen LogP contribution in [0.4, 0.5) is 15.8 Å². The largest absolute Gasteiger partial charge is 0.383 e. The summed E-state index contributed by atoms with van der Waals surface area (Å²) < 4.78 is 17.6. The SMILES string of the molecule is COCCNc1cc(F)ccc1[N+](=O)[O-]. The summed E-state index contributed by atoms with van der Waals surface area (Å²) in [4.78, 5) is 10.0. The molecule has 0 saturated carbocycles. The summed E-state index contributed by atoms with van der Waals surface area (Å²) in [6.45, 7) is 0.786. The van der Waals surface area contributed by atoms with Gasteiger partial charge in [-0.05, 0) is 6.07 Å². The van der Waals surface area contributed by atoms with Crippen LogP contribution >= 0.6 is 0 Å². The second kappa shape index (κ2) is 5.26. The molecule has 1 rings (SSSR count). The predicted octanol–water partition coefficient (Wildman–Crippen LogP) is 1.79. The second-order valence-electron chi connectivity index (χ2n) is 2.84. The van der Waals surface area contributed by atoms with E-state index in [2.05, 4.69) is 5.32 Å². The zero-order valence-corrected chi connectivity index (χ0v) is 8.20. The summed E-state index contributed by atoms with van der Waals surface area (Å²) in [6.07, 6.45) is 0. The van der Waals surface area contributed by atoms with Gasteiger partial charge in [0.2, 0.25) is 0 Å². The smallest absolute Gasteiger partial charge is 0.292 e. The first kappa shape index (κ1) is 11.4. The maximum absolute atomic E-state index is 12.8. The molecule has 15 heavy (non-hydrogen) atoms. The zero-order chi connectivity index (χ0) is 11.3. The Morgan fingerprint density at radius 3 is 2.93 bits per heavy atom. The van der Waals surface area contributed by atoms with E-state index in [9.17, 15) is 14.5 Å². The number of benzene rings is 1. The number of halogens is 1. The van der Waals surface area contributed by atoms with Crippen molar-refractivity contribution in [3.63, 3.8) is 0 Å². The lowest BCUT2D eigenvalue weighted by Crippen LogP contribution is -2.09. The molecule has 0 unspecified atom stereocenters. The highest BCUT2D eigenvalue weighted by molar-refractivity contribution is 5.61. The zero-order valence-electron chi connectivity index (χ0n) is 8.20. The van der Waals surface area contributed by atoms with Gasteiger partial charge in [0.15, 0.2) is 0 Å². The summed E-state index contributed by atoms with van der Waals surface area (Å²) in [6, 6.07) is 3.28. The van der Waals surface area contributed by atoms with E-state index in [-0.39, 0.29) is 11.4 Å². The standard InChI is InChI=1S/C9H11FN2O3/c1-15-5-4-11-8-6-7(10)2-3-9(8)12(13)14/h2-3,6,11H,4-5H2,1H3. The number of anilines is 1. The minimum absolute atomic E-state index is 0.146. The van der Waals surface area contributed by atoms with Crippen molar-refractivity contribution in [1.82, 2.24) is 0 Å². The van der Waals surface area contributed by atoms with Crippen molar-refractivity contribution in [2.24, 2.45) is 0 Å². The van der Waals surface area contributed by atoms with Gasteiger partial charge in [-0.2, -0.15) is 0 Å². The number of nitro benzene ring substituents is 1. The molecule has 0 fully saturated rings. The third-order valence-corrected chi connectivity index (χ3v) is 1.78. The maximum atomic E-state index is 12.8. The van der Waals surface area contributed by atoms with E-state index in [4.69, 9.17) is 4.74 Å². The number of nitro groups is 1. The van der Waals surface area contributed by atoms with Gasteiger partial charge in [0, 0.05) is 25.8 Å². The molecule has 0 bridgehead atoms. The van der Waals surface area contributed by atoms with Gasteiger partial charge in [0.25, 0.3) is 5.69 Å². The molecule has 0 saturated heterocycles. The molecule has 0 radical (unpaired) electrons. The molecule has 0 aliphatic rings. The fourth-order valence-electron chi connectivity index (χ4n) is 1.10. The van der Waals surface area contributed by atoms with Gasteiger partial charge in [-0.15, -0.1) is 0 Å². The van der Waals surface area contributed by atoms with Gasteiger partial charge in [-0.3, -0.25) is 10.1 Å². The Morgan fingerprint density at radius 2 is 2.33 bits per heavy atom. The van der Waals surface area contributed by atoms with Gasteiger partial charge >= 0.3 is 0 Å². The highest BCUT2D eigenvalue weighted by Gasteiger charge is 2.13. The summed E-state index contributed by atoms with van der Waals surface area (Å²) in [5.74, 6) is -0.513. The Balaban J connectivity index is 2.82. The molecule has 1 aromatic carbocycles. The summed E-state index contributed by atoms with van der Waals surface area (Å²) in [5, 5.41) is 13.3. The lowest BCUT2D eigenvalue weighted by molar-refractivity contribution is -0.384. The highest BCUT2D eigenvalue weighted by Crippen LogP contribution is 2.24. The normalized spacial score (nSPS) is 10.0. The van der Waals surface area contributed by atoms with Crippen molar-refractivity contribution < 1.29 is 14.1 Å². The van der Waals surface area contributed by atoms with Crippen molar-refractivity contribution in [2.75, 3.05) is 25.6 Å². The lowest BCUT2D eigenvalue weighted by Gasteiger charge is -2.06. The van der Waals surface area contributed by atoms with Crippen LogP contribution in [0.25, 0.3) is 0 Å². The molecule has 1 aromatic rings. The first-order chi connectivity index (χ1) is 7.15. The van der Waals surface area contributed by atoms with Crippen molar-refractivity contribution in [3.05, 3.63) is 34.1 Å². The van der Waals surface area contributed by atoms with Crippen LogP contribution in [0.15, 0.2) is 18.2 Å². The van der Waals surface area contributed by atoms with Crippen LogP contribution in [0.2, 0.25) is 0 Å². The Labute approximate surface area is 86.0 Å². The third kappa shape index (κ3) is 3.17. The third-order valence-electron chi connectivity index (χ3n) is 1.78. The topological polar surface area (TPSA) is 64.4 Å². The number of nitrogens with one attached hydrogen (secondary N) is 1. The second-order valence-corrected chi connectivity index (χ2v) is 2.84.